The van der Waals surface area contributed by atoms with Crippen molar-refractivity contribution < 1.29 is 9.69 Å². The molecular weight excluding hydrogens is 104 g/mol. The van der Waals surface area contributed by atoms with Gasteiger partial charge >= 0.3 is 6.03 Å². The first-order chi connectivity index (χ1) is 3.80. The van der Waals surface area contributed by atoms with Crippen LogP contribution >= 0.6 is 0 Å². The van der Waals surface area contributed by atoms with Crippen molar-refractivity contribution >= 4 is 6.03 Å². The number of urea groups is 1. The molecule has 0 aromatic rings. The van der Waals surface area contributed by atoms with Crippen LogP contribution in [0.25, 0.3) is 0 Å². The molecular formula is C5H11N2O+. The minimum atomic E-state index is -0.192. The first kappa shape index (κ1) is 5.56. The standard InChI is InChI=1S/C5H10N2O/c6-5(8)7-3-1-2-4-7/h1-4H2,(H2,6,8)/p+1. The molecule has 2 amide bonds. The largest absolute Gasteiger partial charge is 0.412 e. The highest BCUT2D eigenvalue weighted by molar-refractivity contribution is 5.61. The molecule has 0 spiro atoms. The Kier molecular flexibility index (Phi) is 1.48. The zero-order valence-corrected chi connectivity index (χ0v) is 4.81. The lowest BCUT2D eigenvalue weighted by Gasteiger charge is -2.02. The Morgan fingerprint density at radius 3 is 2.12 bits per heavy atom. The van der Waals surface area contributed by atoms with E-state index in [-0.39, 0.29) is 6.03 Å². The highest BCUT2D eigenvalue weighted by Gasteiger charge is 2.19. The fourth-order valence-corrected chi connectivity index (χ4v) is 1.05. The lowest BCUT2D eigenvalue weighted by molar-refractivity contribution is -0.799. The highest BCUT2D eigenvalue weighted by atomic mass is 16.2. The number of hydrogen-bond acceptors (Lipinski definition) is 1. The van der Waals surface area contributed by atoms with Crippen LogP contribution in [0.1, 0.15) is 12.8 Å². The summed E-state index contributed by atoms with van der Waals surface area (Å²) in [6, 6.07) is -0.192. The van der Waals surface area contributed by atoms with Gasteiger partial charge in [-0.2, -0.15) is 0 Å². The van der Waals surface area contributed by atoms with Crippen molar-refractivity contribution in [1.82, 2.24) is 0 Å². The molecule has 1 fully saturated rings. The van der Waals surface area contributed by atoms with Gasteiger partial charge in [-0.15, -0.1) is 0 Å². The van der Waals surface area contributed by atoms with Gasteiger partial charge in [-0.25, -0.2) is 4.79 Å². The van der Waals surface area contributed by atoms with Gasteiger partial charge in [-0.05, 0) is 0 Å². The summed E-state index contributed by atoms with van der Waals surface area (Å²) >= 11 is 0. The number of nitrogens with two attached hydrogens (primary N) is 1. The van der Waals surface area contributed by atoms with Crippen molar-refractivity contribution in [1.29, 1.82) is 0 Å². The molecule has 1 aliphatic rings. The monoisotopic (exact) mass is 115 g/mol. The van der Waals surface area contributed by atoms with Gasteiger partial charge in [0.15, 0.2) is 0 Å². The number of likely N-dealkylation sites (tertiary alicyclic amines) is 1. The van der Waals surface area contributed by atoms with Gasteiger partial charge in [0, 0.05) is 12.8 Å². The maximum absolute atomic E-state index is 10.4. The maximum Gasteiger partial charge on any atom is 0.412 e. The molecule has 1 saturated heterocycles. The molecule has 1 rings (SSSR count). The van der Waals surface area contributed by atoms with Gasteiger partial charge in [0.05, 0.1) is 13.1 Å². The van der Waals surface area contributed by atoms with Crippen molar-refractivity contribution in [3.63, 3.8) is 0 Å². The van der Waals surface area contributed by atoms with Crippen LogP contribution in [0.4, 0.5) is 4.79 Å². The fraction of sp³-hybridized carbons (Fsp3) is 0.800. The molecule has 0 bridgehead atoms. The summed E-state index contributed by atoms with van der Waals surface area (Å²) < 4.78 is 0. The van der Waals surface area contributed by atoms with Crippen LogP contribution in [0.3, 0.4) is 0 Å². The van der Waals surface area contributed by atoms with Crippen LogP contribution in [0, 0.1) is 0 Å². The second-order valence-electron chi connectivity index (χ2n) is 2.17. The molecule has 1 aliphatic heterocycles. The van der Waals surface area contributed by atoms with E-state index in [1.807, 2.05) is 0 Å². The number of hydrogen-bond donors (Lipinski definition) is 2. The third-order valence-corrected chi connectivity index (χ3v) is 1.56. The molecule has 0 radical (unpaired) electrons. The van der Waals surface area contributed by atoms with Gasteiger partial charge < -0.3 is 5.73 Å². The predicted molar refractivity (Wildman–Crippen MR) is 29.5 cm³/mol. The smallest absolute Gasteiger partial charge is 0.319 e. The molecule has 0 aliphatic carbocycles. The Hall–Kier alpha value is -0.570. The van der Waals surface area contributed by atoms with E-state index < -0.39 is 0 Å². The number of primary amides is 1. The van der Waals surface area contributed by atoms with E-state index in [0.29, 0.717) is 0 Å². The molecule has 8 heavy (non-hydrogen) atoms. The van der Waals surface area contributed by atoms with Crippen LogP contribution in [-0.4, -0.2) is 19.1 Å². The molecule has 46 valence electrons. The topological polar surface area (TPSA) is 47.5 Å². The van der Waals surface area contributed by atoms with Crippen LogP contribution in [-0.2, 0) is 0 Å². The van der Waals surface area contributed by atoms with Crippen molar-refractivity contribution in [3.05, 3.63) is 0 Å². The predicted octanol–water partition coefficient (Wildman–Crippen LogP) is -1.26. The summed E-state index contributed by atoms with van der Waals surface area (Å²) in [7, 11) is 0. The molecule has 3 nitrogen and oxygen atoms in total. The molecule has 0 aromatic carbocycles. The summed E-state index contributed by atoms with van der Waals surface area (Å²) in [5.41, 5.74) is 5.02. The minimum Gasteiger partial charge on any atom is -0.319 e. The van der Waals surface area contributed by atoms with Crippen molar-refractivity contribution in [2.24, 2.45) is 5.73 Å². The molecule has 0 aromatic heterocycles. The number of carbonyl (C=O) groups is 1. The minimum absolute atomic E-state index is 0.192. The van der Waals surface area contributed by atoms with E-state index in [0.717, 1.165) is 30.8 Å². The molecule has 0 unspecified atom stereocenters. The van der Waals surface area contributed by atoms with Crippen LogP contribution in [0.2, 0.25) is 0 Å². The Morgan fingerprint density at radius 1 is 1.38 bits per heavy atom. The SMILES string of the molecule is NC(=O)[NH+]1CCCC1. The average Bonchev–Trinajstić information content (AvgIpc) is 2.12. The van der Waals surface area contributed by atoms with Gasteiger partial charge in [-0.1, -0.05) is 0 Å². The third-order valence-electron chi connectivity index (χ3n) is 1.56. The van der Waals surface area contributed by atoms with E-state index in [1.54, 1.807) is 0 Å². The van der Waals surface area contributed by atoms with Crippen molar-refractivity contribution in [2.45, 2.75) is 12.8 Å². The molecule has 0 atom stereocenters. The maximum atomic E-state index is 10.4. The van der Waals surface area contributed by atoms with Gasteiger partial charge in [-0.3, -0.25) is 4.90 Å². The van der Waals surface area contributed by atoms with Gasteiger partial charge in [0.1, 0.15) is 0 Å². The molecule has 3 heteroatoms. The molecule has 3 N–H and O–H groups in total. The quantitative estimate of drug-likeness (QED) is 0.407. The average molecular weight is 115 g/mol. The molecule has 1 heterocycles. The Bertz CT molecular complexity index is 96.6. The fourth-order valence-electron chi connectivity index (χ4n) is 1.05. The lowest BCUT2D eigenvalue weighted by Crippen LogP contribution is -3.14. The summed E-state index contributed by atoms with van der Waals surface area (Å²) in [5, 5.41) is 0. The summed E-state index contributed by atoms with van der Waals surface area (Å²) in [6.07, 6.45) is 2.30. The van der Waals surface area contributed by atoms with Crippen LogP contribution in [0.5, 0.6) is 0 Å². The number of nitrogens with one attached hydrogen (secondary N) is 1. The zero-order valence-electron chi connectivity index (χ0n) is 4.81. The Morgan fingerprint density at radius 2 is 1.88 bits per heavy atom. The van der Waals surface area contributed by atoms with Crippen molar-refractivity contribution in [3.8, 4) is 0 Å². The Balaban J connectivity index is 2.35. The highest BCUT2D eigenvalue weighted by Crippen LogP contribution is 1.86. The van der Waals surface area contributed by atoms with Crippen LogP contribution < -0.4 is 10.6 Å². The summed E-state index contributed by atoms with van der Waals surface area (Å²) in [4.78, 5) is 11.3. The zero-order chi connectivity index (χ0) is 5.98. The van der Waals surface area contributed by atoms with E-state index >= 15 is 0 Å². The van der Waals surface area contributed by atoms with Crippen molar-refractivity contribution in [2.75, 3.05) is 13.1 Å². The lowest BCUT2D eigenvalue weighted by atomic mass is 10.4. The van der Waals surface area contributed by atoms with Gasteiger partial charge in [0.25, 0.3) is 0 Å². The normalized spacial score (nSPS) is 21.5. The van der Waals surface area contributed by atoms with E-state index in [9.17, 15) is 4.79 Å². The second kappa shape index (κ2) is 2.13. The van der Waals surface area contributed by atoms with Gasteiger partial charge in [0.2, 0.25) is 0 Å². The second-order valence-corrected chi connectivity index (χ2v) is 2.17. The number of carbonyl (C=O) groups excluding carboxylic acids is 1. The van der Waals surface area contributed by atoms with Crippen LogP contribution in [0.15, 0.2) is 0 Å². The van der Waals surface area contributed by atoms with E-state index in [2.05, 4.69) is 0 Å². The number of rotatable bonds is 0. The number of amides is 2. The van der Waals surface area contributed by atoms with E-state index in [4.69, 9.17) is 5.73 Å². The summed E-state index contributed by atoms with van der Waals surface area (Å²) in [6.45, 7) is 1.88. The number of quaternary nitrogens is 1. The Labute approximate surface area is 48.5 Å². The summed E-state index contributed by atoms with van der Waals surface area (Å²) in [5.74, 6) is 0. The molecule has 0 saturated carbocycles. The first-order valence-electron chi connectivity index (χ1n) is 2.95. The first-order valence-corrected chi connectivity index (χ1v) is 2.95. The third kappa shape index (κ3) is 0.980. The van der Waals surface area contributed by atoms with E-state index in [1.165, 1.54) is 0 Å².